The molecular weight excluding hydrogens is 962 g/mol. The largest absolute Gasteiger partial charge is 0.507 e. The molecule has 6 aromatic carbocycles. The SMILES string of the molecule is [2H]C([2H])([2H])C(c1cc(-c2nc3c(-c4[c-]c(-c5cc(-c6ccccc6)ccn5)cc(C(C)(C)C)c4)cccc3n2-c2ccc(C(C)(C)CC)cc2-c2ccccc2)c(O)c(C(C([2H])([2H])[2H])(C([2H])([2H])[2H])C([2H])([2H])[2H])c1)(C([2H])([2H])[2H])C([2H])([2H])[2H].[Pt]. The van der Waals surface area contributed by atoms with E-state index < -0.39 is 91.0 Å². The molecule has 8 aromatic rings. The van der Waals surface area contributed by atoms with Crippen LogP contribution in [0.15, 0.2) is 140 Å². The van der Waals surface area contributed by atoms with Crippen LogP contribution in [0.4, 0.5) is 0 Å². The van der Waals surface area contributed by atoms with Crippen molar-refractivity contribution in [3.8, 4) is 67.5 Å². The van der Waals surface area contributed by atoms with Crippen molar-refractivity contribution in [2.24, 2.45) is 0 Å². The van der Waals surface area contributed by atoms with Crippen LogP contribution in [-0.4, -0.2) is 19.6 Å². The summed E-state index contributed by atoms with van der Waals surface area (Å²) in [5.41, 5.74) is -4.78. The van der Waals surface area contributed by atoms with Crippen LogP contribution in [0.2, 0.25) is 0 Å². The third-order valence-corrected chi connectivity index (χ3v) is 12.0. The zero-order chi connectivity index (χ0) is 60.1. The Hall–Kier alpha value is -5.57. The number of nitrogens with zero attached hydrogens (tertiary/aromatic N) is 3. The number of hydrogen-bond acceptors (Lipinski definition) is 3. The summed E-state index contributed by atoms with van der Waals surface area (Å²) in [7, 11) is 0. The van der Waals surface area contributed by atoms with Crippen molar-refractivity contribution in [2.45, 2.75) is 111 Å². The van der Waals surface area contributed by atoms with Crippen LogP contribution in [0.25, 0.3) is 72.7 Å². The molecule has 0 saturated heterocycles. The fraction of sp³-hybridized carbons (Fsp3) is 0.288. The maximum atomic E-state index is 13.1. The quantitative estimate of drug-likeness (QED) is 0.154. The average Bonchev–Trinajstić information content (AvgIpc) is 1.43. The van der Waals surface area contributed by atoms with E-state index in [0.717, 1.165) is 28.3 Å². The van der Waals surface area contributed by atoms with Gasteiger partial charge in [0, 0.05) is 68.8 Å². The summed E-state index contributed by atoms with van der Waals surface area (Å²) in [4.78, 5) is 9.98. The summed E-state index contributed by atoms with van der Waals surface area (Å²) in [5, 5.41) is 13.1. The predicted molar refractivity (Wildman–Crippen MR) is 266 cm³/mol. The van der Waals surface area contributed by atoms with Crippen molar-refractivity contribution in [1.29, 1.82) is 0 Å². The topological polar surface area (TPSA) is 50.9 Å². The molecule has 0 atom stereocenters. The van der Waals surface area contributed by atoms with E-state index in [9.17, 15) is 5.11 Å². The average molecular weight is 1040 g/mol. The zero-order valence-electron chi connectivity index (χ0n) is 54.6. The number of para-hydroxylation sites is 1. The smallest absolute Gasteiger partial charge is 0.148 e. The van der Waals surface area contributed by atoms with Gasteiger partial charge in [-0.2, -0.15) is 0 Å². The maximum Gasteiger partial charge on any atom is 0.148 e. The minimum atomic E-state index is -4.14. The Morgan fingerprint density at radius 3 is 1.89 bits per heavy atom. The number of aromatic nitrogens is 3. The van der Waals surface area contributed by atoms with Crippen LogP contribution in [0.5, 0.6) is 5.75 Å². The van der Waals surface area contributed by atoms with Gasteiger partial charge in [0.2, 0.25) is 0 Å². The number of hydrogen-bond donors (Lipinski definition) is 1. The van der Waals surface area contributed by atoms with Gasteiger partial charge in [0.05, 0.1) is 22.3 Å². The Balaban J connectivity index is 0.00000968. The molecule has 0 spiro atoms. The van der Waals surface area contributed by atoms with Crippen molar-refractivity contribution in [3.05, 3.63) is 168 Å². The van der Waals surface area contributed by atoms with Crippen molar-refractivity contribution in [2.75, 3.05) is 0 Å². The number of imidazole rings is 1. The van der Waals surface area contributed by atoms with Crippen LogP contribution >= 0.6 is 0 Å². The molecule has 0 bridgehead atoms. The minimum Gasteiger partial charge on any atom is -0.507 e. The molecule has 5 heteroatoms. The molecule has 4 nitrogen and oxygen atoms in total. The second-order valence-corrected chi connectivity index (χ2v) is 17.9. The van der Waals surface area contributed by atoms with Gasteiger partial charge in [0.1, 0.15) is 11.6 Å². The Kier molecular flexibility index (Phi) is 7.72. The molecule has 64 heavy (non-hydrogen) atoms. The molecule has 0 saturated carbocycles. The number of fused-ring (bicyclic) bond motifs is 1. The van der Waals surface area contributed by atoms with E-state index in [0.29, 0.717) is 51.7 Å². The molecular formula is C59H62N3OPt-. The normalized spacial score (nSPS) is 17.7. The molecule has 330 valence electrons. The predicted octanol–water partition coefficient (Wildman–Crippen LogP) is 15.8. The van der Waals surface area contributed by atoms with Gasteiger partial charge < -0.3 is 5.11 Å². The number of rotatable bonds is 8. The van der Waals surface area contributed by atoms with Gasteiger partial charge in [-0.15, -0.1) is 29.3 Å². The van der Waals surface area contributed by atoms with Gasteiger partial charge >= 0.3 is 0 Å². The van der Waals surface area contributed by atoms with Crippen LogP contribution in [0.3, 0.4) is 0 Å². The number of aromatic hydroxyl groups is 1. The standard InChI is InChI=1S/C59H62N3O.Pt/c1-13-59(11,12)43-27-28-51(47(35-43)39-23-18-15-19-24-39)62-52-26-20-25-46(53(52)61-55(62)48-36-45(57(5,6)7)37-49(54(48)63)58(8,9)10)41-31-42(33-44(32-41)56(2,3)4)50-34-40(29-30-60-50)38-21-16-14-17-22-38;/h14-30,32-37,63H,13H2,1-12H3;/q-1;/i5D3,6D3,7D3,8D3,9D3,10D3;. The Morgan fingerprint density at radius 1 is 0.594 bits per heavy atom. The molecule has 0 aliphatic heterocycles. The Bertz CT molecular complexity index is 3570. The van der Waals surface area contributed by atoms with E-state index in [-0.39, 0.29) is 32.1 Å². The van der Waals surface area contributed by atoms with Gasteiger partial charge in [0.15, 0.2) is 0 Å². The first-order chi connectivity index (χ1) is 37.2. The van der Waals surface area contributed by atoms with Crippen molar-refractivity contribution < 1.29 is 50.8 Å². The van der Waals surface area contributed by atoms with E-state index in [1.165, 1.54) is 4.57 Å². The molecule has 0 radical (unpaired) electrons. The second-order valence-electron chi connectivity index (χ2n) is 17.9. The van der Waals surface area contributed by atoms with Crippen LogP contribution in [0, 0.1) is 6.07 Å². The van der Waals surface area contributed by atoms with Crippen molar-refractivity contribution >= 4 is 11.0 Å². The first-order valence-electron chi connectivity index (χ1n) is 29.9. The Labute approximate surface area is 421 Å². The molecule has 0 fully saturated rings. The fourth-order valence-electron chi connectivity index (χ4n) is 7.93. The van der Waals surface area contributed by atoms with Crippen molar-refractivity contribution in [1.82, 2.24) is 14.5 Å². The molecule has 2 heterocycles. The zero-order valence-corrected chi connectivity index (χ0v) is 38.9. The molecule has 1 N–H and O–H groups in total. The monoisotopic (exact) mass is 1040 g/mol. The van der Waals surface area contributed by atoms with Gasteiger partial charge in [-0.25, -0.2) is 4.98 Å². The van der Waals surface area contributed by atoms with Gasteiger partial charge in [-0.05, 0) is 86.2 Å². The minimum absolute atomic E-state index is 0. The van der Waals surface area contributed by atoms with E-state index in [4.69, 9.17) is 34.6 Å². The third-order valence-electron chi connectivity index (χ3n) is 12.0. The molecule has 8 rings (SSSR count). The number of phenols is 1. The van der Waals surface area contributed by atoms with Crippen LogP contribution in [-0.2, 0) is 42.7 Å². The molecule has 0 aliphatic rings. The second kappa shape index (κ2) is 17.4. The fourth-order valence-corrected chi connectivity index (χ4v) is 7.93. The van der Waals surface area contributed by atoms with Crippen LogP contribution in [0.1, 0.15) is 136 Å². The van der Waals surface area contributed by atoms with Gasteiger partial charge in [0.25, 0.3) is 0 Å². The summed E-state index contributed by atoms with van der Waals surface area (Å²) in [5.74, 6) is -1.76. The molecule has 0 aliphatic carbocycles. The van der Waals surface area contributed by atoms with E-state index >= 15 is 0 Å². The summed E-state index contributed by atoms with van der Waals surface area (Å²) in [6, 6.07) is 42.1. The van der Waals surface area contributed by atoms with E-state index in [1.54, 1.807) is 30.5 Å². The molecule has 0 unspecified atom stereocenters. The van der Waals surface area contributed by atoms with Gasteiger partial charge in [-0.3, -0.25) is 9.55 Å². The third kappa shape index (κ3) is 9.05. The Morgan fingerprint density at radius 2 is 1.23 bits per heavy atom. The van der Waals surface area contributed by atoms with E-state index in [2.05, 4.69) is 19.9 Å². The van der Waals surface area contributed by atoms with Crippen molar-refractivity contribution in [3.63, 3.8) is 0 Å². The number of pyridine rings is 1. The summed E-state index contributed by atoms with van der Waals surface area (Å²) < 4.78 is 160. The summed E-state index contributed by atoms with van der Waals surface area (Å²) >= 11 is 0. The summed E-state index contributed by atoms with van der Waals surface area (Å²) in [6.07, 6.45) is 2.41. The van der Waals surface area contributed by atoms with Crippen LogP contribution < -0.4 is 0 Å². The maximum absolute atomic E-state index is 13.1. The summed E-state index contributed by atoms with van der Waals surface area (Å²) in [6.45, 7) is -12.3. The van der Waals surface area contributed by atoms with Gasteiger partial charge in [-0.1, -0.05) is 185 Å². The number of benzene rings is 6. The first-order valence-corrected chi connectivity index (χ1v) is 20.9. The molecule has 2 aromatic heterocycles. The first kappa shape index (κ1) is 28.4. The molecule has 0 amide bonds. The van der Waals surface area contributed by atoms with E-state index in [1.807, 2.05) is 125 Å². The number of phenolic OH excluding ortho intramolecular Hbond substituents is 1.